The lowest BCUT2D eigenvalue weighted by Crippen LogP contribution is -2.05. The first-order chi connectivity index (χ1) is 11.4. The van der Waals surface area contributed by atoms with Crippen molar-refractivity contribution in [3.8, 4) is 17.2 Å². The summed E-state index contributed by atoms with van der Waals surface area (Å²) in [4.78, 5) is 0. The molecular weight excluding hydrogens is 317 g/mol. The fraction of sp³-hybridized carbons (Fsp3) is 0.368. The van der Waals surface area contributed by atoms with Gasteiger partial charge in [-0.3, -0.25) is 0 Å². The summed E-state index contributed by atoms with van der Waals surface area (Å²) in [5, 5.41) is 9.34. The molecule has 2 aromatic carbocycles. The van der Waals surface area contributed by atoms with Crippen molar-refractivity contribution in [2.24, 2.45) is 0 Å². The van der Waals surface area contributed by atoms with E-state index in [4.69, 9.17) is 4.74 Å². The van der Waals surface area contributed by atoms with E-state index in [9.17, 15) is 18.3 Å². The Balaban J connectivity index is 1.74. The van der Waals surface area contributed by atoms with E-state index < -0.39 is 17.5 Å². The van der Waals surface area contributed by atoms with E-state index in [2.05, 4.69) is 0 Å². The lowest BCUT2D eigenvalue weighted by molar-refractivity contribution is -0.138. The van der Waals surface area contributed by atoms with Crippen molar-refractivity contribution in [2.45, 2.75) is 44.2 Å². The Kier molecular flexibility index (Phi) is 4.69. The molecule has 1 aliphatic rings. The summed E-state index contributed by atoms with van der Waals surface area (Å²) >= 11 is 0. The Bertz CT molecular complexity index is 687. The standard InChI is InChI=1S/C19H19F3O2/c20-19(21,22)17-12-16(10-11-18(17)23)24-15-8-6-14(7-9-15)13-4-2-1-3-5-13/h6-13,23H,1-5H2. The molecule has 0 spiro atoms. The normalized spacial score (nSPS) is 16.1. The zero-order chi connectivity index (χ0) is 17.2. The van der Waals surface area contributed by atoms with Gasteiger partial charge in [0.25, 0.3) is 0 Å². The molecule has 0 bridgehead atoms. The predicted molar refractivity (Wildman–Crippen MR) is 85.5 cm³/mol. The molecular formula is C19H19F3O2. The van der Waals surface area contributed by atoms with Crippen LogP contribution in [0.2, 0.25) is 0 Å². The molecule has 1 N–H and O–H groups in total. The minimum Gasteiger partial charge on any atom is -0.507 e. The first-order valence-electron chi connectivity index (χ1n) is 8.11. The number of benzene rings is 2. The SMILES string of the molecule is Oc1ccc(Oc2ccc(C3CCCCC3)cc2)cc1C(F)(F)F. The third-order valence-electron chi connectivity index (χ3n) is 4.47. The second-order valence-corrected chi connectivity index (χ2v) is 6.18. The molecule has 0 aliphatic heterocycles. The highest BCUT2D eigenvalue weighted by molar-refractivity contribution is 5.43. The highest BCUT2D eigenvalue weighted by Crippen LogP contribution is 2.39. The van der Waals surface area contributed by atoms with E-state index in [0.717, 1.165) is 12.1 Å². The summed E-state index contributed by atoms with van der Waals surface area (Å²) < 4.78 is 43.9. The Labute approximate surface area is 138 Å². The average Bonchev–Trinajstić information content (AvgIpc) is 2.57. The van der Waals surface area contributed by atoms with Crippen molar-refractivity contribution in [2.75, 3.05) is 0 Å². The van der Waals surface area contributed by atoms with Gasteiger partial charge in [0.15, 0.2) is 0 Å². The van der Waals surface area contributed by atoms with Gasteiger partial charge in [0, 0.05) is 0 Å². The average molecular weight is 336 g/mol. The largest absolute Gasteiger partial charge is 0.507 e. The molecule has 1 aliphatic carbocycles. The third kappa shape index (κ3) is 3.83. The minimum atomic E-state index is -4.62. The summed E-state index contributed by atoms with van der Waals surface area (Å²) in [6, 6.07) is 10.7. The first kappa shape index (κ1) is 16.7. The Morgan fingerprint density at radius 2 is 1.50 bits per heavy atom. The van der Waals surface area contributed by atoms with E-state index in [1.165, 1.54) is 43.7 Å². The third-order valence-corrected chi connectivity index (χ3v) is 4.47. The number of alkyl halides is 3. The number of aromatic hydroxyl groups is 1. The summed E-state index contributed by atoms with van der Waals surface area (Å²) in [7, 11) is 0. The summed E-state index contributed by atoms with van der Waals surface area (Å²) in [5.41, 5.74) is 0.155. The lowest BCUT2D eigenvalue weighted by Gasteiger charge is -2.22. The molecule has 0 atom stereocenters. The Hall–Kier alpha value is -2.17. The maximum absolute atomic E-state index is 12.8. The zero-order valence-electron chi connectivity index (χ0n) is 13.1. The van der Waals surface area contributed by atoms with Crippen LogP contribution in [-0.2, 0) is 6.18 Å². The molecule has 0 aromatic heterocycles. The topological polar surface area (TPSA) is 29.5 Å². The lowest BCUT2D eigenvalue weighted by atomic mass is 9.84. The van der Waals surface area contributed by atoms with Gasteiger partial charge in [0.1, 0.15) is 22.8 Å². The van der Waals surface area contributed by atoms with Gasteiger partial charge < -0.3 is 9.84 Å². The van der Waals surface area contributed by atoms with Crippen LogP contribution in [0.15, 0.2) is 42.5 Å². The van der Waals surface area contributed by atoms with Crippen LogP contribution in [-0.4, -0.2) is 5.11 Å². The van der Waals surface area contributed by atoms with Crippen LogP contribution < -0.4 is 4.74 Å². The molecule has 0 heterocycles. The maximum atomic E-state index is 12.8. The molecule has 0 amide bonds. The number of rotatable bonds is 3. The smallest absolute Gasteiger partial charge is 0.420 e. The van der Waals surface area contributed by atoms with Crippen LogP contribution in [0.1, 0.15) is 49.1 Å². The van der Waals surface area contributed by atoms with Crippen molar-refractivity contribution < 1.29 is 23.0 Å². The van der Waals surface area contributed by atoms with Gasteiger partial charge in [-0.05, 0) is 54.7 Å². The van der Waals surface area contributed by atoms with Crippen molar-refractivity contribution in [1.29, 1.82) is 0 Å². The van der Waals surface area contributed by atoms with E-state index >= 15 is 0 Å². The van der Waals surface area contributed by atoms with Gasteiger partial charge in [-0.2, -0.15) is 13.2 Å². The number of halogens is 3. The summed E-state index contributed by atoms with van der Waals surface area (Å²) in [5.74, 6) is 0.291. The van der Waals surface area contributed by atoms with Gasteiger partial charge in [-0.1, -0.05) is 31.4 Å². The van der Waals surface area contributed by atoms with Crippen LogP contribution in [0, 0.1) is 0 Å². The first-order valence-corrected chi connectivity index (χ1v) is 8.11. The van der Waals surface area contributed by atoms with Gasteiger partial charge >= 0.3 is 6.18 Å². The molecule has 3 rings (SSSR count). The quantitative estimate of drug-likeness (QED) is 0.718. The second-order valence-electron chi connectivity index (χ2n) is 6.18. The van der Waals surface area contributed by atoms with Crippen molar-refractivity contribution in [1.82, 2.24) is 0 Å². The van der Waals surface area contributed by atoms with E-state index in [1.54, 1.807) is 12.1 Å². The molecule has 1 fully saturated rings. The minimum absolute atomic E-state index is 0.0468. The fourth-order valence-corrected chi connectivity index (χ4v) is 3.19. The van der Waals surface area contributed by atoms with Gasteiger partial charge in [0.2, 0.25) is 0 Å². The molecule has 0 unspecified atom stereocenters. The van der Waals surface area contributed by atoms with Crippen LogP contribution in [0.5, 0.6) is 17.2 Å². The molecule has 5 heteroatoms. The monoisotopic (exact) mass is 336 g/mol. The van der Waals surface area contributed by atoms with Gasteiger partial charge in [-0.15, -0.1) is 0 Å². The molecule has 1 saturated carbocycles. The fourth-order valence-electron chi connectivity index (χ4n) is 3.19. The van der Waals surface area contributed by atoms with Crippen molar-refractivity contribution in [3.63, 3.8) is 0 Å². The number of hydrogen-bond donors (Lipinski definition) is 1. The second kappa shape index (κ2) is 6.75. The van der Waals surface area contributed by atoms with Gasteiger partial charge in [-0.25, -0.2) is 0 Å². The van der Waals surface area contributed by atoms with Gasteiger partial charge in [0.05, 0.1) is 0 Å². The number of hydrogen-bond acceptors (Lipinski definition) is 2. The molecule has 24 heavy (non-hydrogen) atoms. The van der Waals surface area contributed by atoms with Crippen LogP contribution in [0.4, 0.5) is 13.2 Å². The zero-order valence-corrected chi connectivity index (χ0v) is 13.1. The molecule has 2 nitrogen and oxygen atoms in total. The molecule has 0 saturated heterocycles. The summed E-state index contributed by atoms with van der Waals surface area (Å²) in [6.45, 7) is 0. The van der Waals surface area contributed by atoms with E-state index in [-0.39, 0.29) is 5.75 Å². The highest BCUT2D eigenvalue weighted by Gasteiger charge is 2.34. The van der Waals surface area contributed by atoms with Crippen molar-refractivity contribution in [3.05, 3.63) is 53.6 Å². The number of ether oxygens (including phenoxy) is 1. The maximum Gasteiger partial charge on any atom is 0.420 e. The molecule has 128 valence electrons. The molecule has 0 radical (unpaired) electrons. The van der Waals surface area contributed by atoms with Crippen LogP contribution >= 0.6 is 0 Å². The Morgan fingerprint density at radius 1 is 0.875 bits per heavy atom. The Morgan fingerprint density at radius 3 is 2.12 bits per heavy atom. The number of phenolic OH excluding ortho intramolecular Hbond substituents is 1. The highest BCUT2D eigenvalue weighted by atomic mass is 19.4. The van der Waals surface area contributed by atoms with Crippen LogP contribution in [0.25, 0.3) is 0 Å². The van der Waals surface area contributed by atoms with E-state index in [1.807, 2.05) is 12.1 Å². The van der Waals surface area contributed by atoms with Crippen molar-refractivity contribution >= 4 is 0 Å². The predicted octanol–water partition coefficient (Wildman–Crippen LogP) is 6.25. The van der Waals surface area contributed by atoms with Crippen LogP contribution in [0.3, 0.4) is 0 Å². The summed E-state index contributed by atoms with van der Waals surface area (Å²) in [6.07, 6.45) is 1.54. The molecule has 2 aromatic rings. The van der Waals surface area contributed by atoms with E-state index in [0.29, 0.717) is 11.7 Å². The number of phenols is 1.